The van der Waals surface area contributed by atoms with Crippen LogP contribution in [0, 0.1) is 0 Å². The lowest BCUT2D eigenvalue weighted by molar-refractivity contribution is 0.330. The predicted octanol–water partition coefficient (Wildman–Crippen LogP) is -0.257. The summed E-state index contributed by atoms with van der Waals surface area (Å²) in [6.07, 6.45) is 1.90. The van der Waals surface area contributed by atoms with E-state index in [-0.39, 0.29) is 0 Å². The van der Waals surface area contributed by atoms with Gasteiger partial charge in [-0.2, -0.15) is 9.98 Å². The summed E-state index contributed by atoms with van der Waals surface area (Å²) in [6.45, 7) is 0. The second kappa shape index (κ2) is 8.87. The van der Waals surface area contributed by atoms with Crippen molar-refractivity contribution in [2.45, 2.75) is 6.17 Å². The van der Waals surface area contributed by atoms with Gasteiger partial charge in [-0.05, 0) is 5.56 Å². The molecule has 8 heteroatoms. The van der Waals surface area contributed by atoms with Crippen LogP contribution in [0.5, 0.6) is 0 Å². The molecular weight excluding hydrogens is 244 g/mol. The van der Waals surface area contributed by atoms with Gasteiger partial charge in [-0.25, -0.2) is 9.59 Å². The largest absolute Gasteiger partial charge is 0.761 e. The minimum atomic E-state index is -3.13. The zero-order valence-electron chi connectivity index (χ0n) is 8.48. The number of carbonyl (C=O) groups excluding carboxylic acids is 2. The predicted molar refractivity (Wildman–Crippen MR) is 56.3 cm³/mol. The molecule has 1 aromatic carbocycles. The molecule has 1 rings (SSSR count). The smallest absolute Gasteiger partial charge is 0.511 e. The molecule has 0 aromatic heterocycles. The first-order chi connectivity index (χ1) is 8.11. The Morgan fingerprint density at radius 2 is 1.47 bits per heavy atom. The van der Waals surface area contributed by atoms with E-state index in [4.69, 9.17) is 14.1 Å². The normalized spacial score (nSPS) is 9.65. The first kappa shape index (κ1) is 14.6. The minimum absolute atomic E-state index is 0.661. The first-order valence-electron chi connectivity index (χ1n) is 4.22. The highest BCUT2D eigenvalue weighted by atomic mass is 28.3. The number of isocyanates is 2. The summed E-state index contributed by atoms with van der Waals surface area (Å²) >= 11 is 0. The highest BCUT2D eigenvalue weighted by Crippen LogP contribution is 2.16. The van der Waals surface area contributed by atoms with Crippen LogP contribution in [0.2, 0.25) is 0 Å². The van der Waals surface area contributed by atoms with Crippen molar-refractivity contribution in [2.24, 2.45) is 9.98 Å². The van der Waals surface area contributed by atoms with Crippen molar-refractivity contribution < 1.29 is 23.6 Å². The zero-order valence-corrected chi connectivity index (χ0v) is 9.48. The van der Waals surface area contributed by atoms with E-state index in [0.29, 0.717) is 5.56 Å². The van der Waals surface area contributed by atoms with E-state index in [0.717, 1.165) is 0 Å². The molecule has 0 aliphatic carbocycles. The molecule has 0 heterocycles. The molecule has 1 aromatic rings. The maximum atomic E-state index is 9.98. The van der Waals surface area contributed by atoms with Gasteiger partial charge in [0.2, 0.25) is 12.2 Å². The third-order valence-corrected chi connectivity index (χ3v) is 1.45. The maximum Gasteiger partial charge on any atom is 0.761 e. The van der Waals surface area contributed by atoms with Gasteiger partial charge in [-0.15, -0.1) is 0 Å². The number of rotatable bonds is 3. The lowest BCUT2D eigenvalue weighted by Crippen LogP contribution is -1.90. The number of nitrogens with zero attached hydrogens (tertiary/aromatic N) is 2. The van der Waals surface area contributed by atoms with Crippen LogP contribution in [0.3, 0.4) is 0 Å². The molecule has 88 valence electrons. The third-order valence-electron chi connectivity index (χ3n) is 1.45. The molecule has 0 unspecified atom stereocenters. The monoisotopic (exact) mass is 252 g/mol. The van der Waals surface area contributed by atoms with E-state index >= 15 is 0 Å². The van der Waals surface area contributed by atoms with E-state index in [1.165, 1.54) is 12.2 Å². The van der Waals surface area contributed by atoms with Crippen LogP contribution in [0.15, 0.2) is 40.3 Å². The molecule has 17 heavy (non-hydrogen) atoms. The molecule has 0 aliphatic heterocycles. The molecule has 0 saturated carbocycles. The Morgan fingerprint density at radius 3 is 1.82 bits per heavy atom. The molecule has 0 spiro atoms. The SMILES string of the molecule is O=C=NC(N=C=O)c1ccccc1.O=[Si](O)O. The topological polar surface area (TPSA) is 116 Å². The lowest BCUT2D eigenvalue weighted by atomic mass is 10.2. The van der Waals surface area contributed by atoms with Crippen molar-refractivity contribution in [3.8, 4) is 0 Å². The fraction of sp³-hybridized carbons (Fsp3) is 0.111. The summed E-state index contributed by atoms with van der Waals surface area (Å²) in [4.78, 5) is 41.0. The highest BCUT2D eigenvalue weighted by molar-refractivity contribution is 6.22. The van der Waals surface area contributed by atoms with Crippen molar-refractivity contribution >= 4 is 21.3 Å². The summed E-state index contributed by atoms with van der Waals surface area (Å²) in [5, 5.41) is 0. The number of hydrogen-bond donors (Lipinski definition) is 2. The second-order valence-corrected chi connectivity index (χ2v) is 3.07. The van der Waals surface area contributed by atoms with Gasteiger partial charge < -0.3 is 9.59 Å². The van der Waals surface area contributed by atoms with Crippen LogP contribution in [-0.4, -0.2) is 30.9 Å². The molecule has 0 amide bonds. The highest BCUT2D eigenvalue weighted by Gasteiger charge is 2.05. The Hall–Kier alpha value is -2.40. The zero-order chi connectivity index (χ0) is 13.1. The maximum absolute atomic E-state index is 9.98. The Labute approximate surface area is 97.7 Å². The number of aliphatic imine (C=N–C) groups is 2. The fourth-order valence-electron chi connectivity index (χ4n) is 0.903. The standard InChI is InChI=1S/C9H6N2O2.H2O3Si/c12-6-10-9(11-7-13)8-4-2-1-3-5-8;1-4(2)3/h1-5,9H;1-2H. The lowest BCUT2D eigenvalue weighted by Gasteiger charge is -2.01. The molecule has 0 atom stereocenters. The molecule has 0 bridgehead atoms. The van der Waals surface area contributed by atoms with Gasteiger partial charge >= 0.3 is 9.17 Å². The van der Waals surface area contributed by atoms with Crippen molar-refractivity contribution in [1.82, 2.24) is 0 Å². The molecule has 0 saturated heterocycles. The summed E-state index contributed by atoms with van der Waals surface area (Å²) in [6, 6.07) is 8.78. The van der Waals surface area contributed by atoms with Gasteiger partial charge in [-0.3, -0.25) is 4.46 Å². The van der Waals surface area contributed by atoms with E-state index < -0.39 is 15.3 Å². The summed E-state index contributed by atoms with van der Waals surface area (Å²) < 4.78 is 8.74. The van der Waals surface area contributed by atoms with Crippen molar-refractivity contribution in [1.29, 1.82) is 0 Å². The van der Waals surface area contributed by atoms with Crippen molar-refractivity contribution in [2.75, 3.05) is 0 Å². The van der Waals surface area contributed by atoms with Crippen LogP contribution in [0.1, 0.15) is 11.7 Å². The summed E-state index contributed by atoms with van der Waals surface area (Å²) in [5.74, 6) is 0. The van der Waals surface area contributed by atoms with Crippen molar-refractivity contribution in [3.05, 3.63) is 35.9 Å². The number of benzene rings is 1. The van der Waals surface area contributed by atoms with Gasteiger partial charge in [0.15, 0.2) is 6.17 Å². The van der Waals surface area contributed by atoms with Gasteiger partial charge in [0.05, 0.1) is 0 Å². The minimum Gasteiger partial charge on any atom is -0.511 e. The first-order valence-corrected chi connectivity index (χ1v) is 5.53. The van der Waals surface area contributed by atoms with Crippen LogP contribution in [0.4, 0.5) is 0 Å². The molecule has 7 nitrogen and oxygen atoms in total. The van der Waals surface area contributed by atoms with E-state index in [1.807, 2.05) is 6.07 Å². The van der Waals surface area contributed by atoms with Crippen LogP contribution in [0.25, 0.3) is 0 Å². The third kappa shape index (κ3) is 7.52. The molecular formula is C9H8N2O5Si. The van der Waals surface area contributed by atoms with Gasteiger partial charge in [0, 0.05) is 0 Å². The quantitative estimate of drug-likeness (QED) is 0.437. The Kier molecular flexibility index (Phi) is 7.62. The van der Waals surface area contributed by atoms with Crippen LogP contribution >= 0.6 is 0 Å². The van der Waals surface area contributed by atoms with E-state index in [9.17, 15) is 9.59 Å². The Morgan fingerprint density at radius 1 is 1.06 bits per heavy atom. The Balaban J connectivity index is 0.000000557. The summed E-state index contributed by atoms with van der Waals surface area (Å²) in [7, 11) is -3.13. The van der Waals surface area contributed by atoms with Gasteiger partial charge in [-0.1, -0.05) is 30.3 Å². The Bertz CT molecular complexity index is 430. The fourth-order valence-corrected chi connectivity index (χ4v) is 0.903. The van der Waals surface area contributed by atoms with E-state index in [2.05, 4.69) is 9.98 Å². The molecule has 0 aliphatic rings. The molecule has 0 radical (unpaired) electrons. The van der Waals surface area contributed by atoms with Crippen LogP contribution in [-0.2, 0) is 14.1 Å². The van der Waals surface area contributed by atoms with Crippen molar-refractivity contribution in [3.63, 3.8) is 0 Å². The number of hydrogen-bond acceptors (Lipinski definition) is 5. The molecule has 2 N–H and O–H groups in total. The summed E-state index contributed by atoms with van der Waals surface area (Å²) in [5.41, 5.74) is 0.661. The average Bonchev–Trinajstić information content (AvgIpc) is 2.29. The second-order valence-electron chi connectivity index (χ2n) is 2.51. The average molecular weight is 252 g/mol. The molecule has 0 fully saturated rings. The van der Waals surface area contributed by atoms with Gasteiger partial charge in [0.25, 0.3) is 0 Å². The van der Waals surface area contributed by atoms with E-state index in [1.54, 1.807) is 24.3 Å². The van der Waals surface area contributed by atoms with Gasteiger partial charge in [0.1, 0.15) is 0 Å². The van der Waals surface area contributed by atoms with Crippen LogP contribution < -0.4 is 0 Å².